The second-order valence-corrected chi connectivity index (χ2v) is 4.68. The predicted molar refractivity (Wildman–Crippen MR) is 66.9 cm³/mol. The van der Waals surface area contributed by atoms with Crippen LogP contribution in [-0.2, 0) is 11.8 Å². The van der Waals surface area contributed by atoms with E-state index >= 15 is 0 Å². The van der Waals surface area contributed by atoms with Crippen LogP contribution in [0.15, 0.2) is 6.07 Å². The molecule has 0 spiro atoms. The molecule has 1 aliphatic rings. The van der Waals surface area contributed by atoms with Gasteiger partial charge in [0.2, 0.25) is 5.91 Å². The molecule has 1 aromatic heterocycles. The highest BCUT2D eigenvalue weighted by Gasteiger charge is 2.14. The number of likely N-dealkylation sites (tertiary alicyclic amines) is 1. The van der Waals surface area contributed by atoms with Crippen LogP contribution in [0.2, 0.25) is 0 Å². The lowest BCUT2D eigenvalue weighted by molar-refractivity contribution is -0.117. The molecule has 2 heterocycles. The maximum absolute atomic E-state index is 11.8. The summed E-state index contributed by atoms with van der Waals surface area (Å²) in [6.45, 7) is 4.49. The van der Waals surface area contributed by atoms with Crippen LogP contribution in [0.3, 0.4) is 0 Å². The third-order valence-electron chi connectivity index (χ3n) is 3.09. The lowest BCUT2D eigenvalue weighted by Gasteiger charge is -2.25. The molecule has 0 bridgehead atoms. The zero-order chi connectivity index (χ0) is 12.3. The molecule has 1 aromatic rings. The Balaban J connectivity index is 1.86. The van der Waals surface area contributed by atoms with Crippen LogP contribution < -0.4 is 5.32 Å². The summed E-state index contributed by atoms with van der Waals surface area (Å²) in [5, 5.41) is 7.10. The van der Waals surface area contributed by atoms with Gasteiger partial charge in [-0.05, 0) is 32.9 Å². The standard InChI is InChI=1S/C12H20N4O/c1-10-8-11(15(2)14-10)13-12(17)9-16-6-4-3-5-7-16/h8H,3-7,9H2,1-2H3,(H,13,17). The maximum Gasteiger partial charge on any atom is 0.239 e. The second kappa shape index (κ2) is 5.31. The summed E-state index contributed by atoms with van der Waals surface area (Å²) in [7, 11) is 1.84. The number of aryl methyl sites for hydroxylation is 2. The number of piperidine rings is 1. The largest absolute Gasteiger partial charge is 0.310 e. The lowest BCUT2D eigenvalue weighted by Crippen LogP contribution is -2.37. The Hall–Kier alpha value is -1.36. The molecule has 0 radical (unpaired) electrons. The summed E-state index contributed by atoms with van der Waals surface area (Å²) in [5.74, 6) is 0.819. The van der Waals surface area contributed by atoms with Crippen molar-refractivity contribution in [3.05, 3.63) is 11.8 Å². The van der Waals surface area contributed by atoms with E-state index in [-0.39, 0.29) is 5.91 Å². The van der Waals surface area contributed by atoms with Crippen molar-refractivity contribution in [3.63, 3.8) is 0 Å². The summed E-state index contributed by atoms with van der Waals surface area (Å²) in [5.41, 5.74) is 0.917. The van der Waals surface area contributed by atoms with Crippen LogP contribution in [0.5, 0.6) is 0 Å². The number of nitrogens with zero attached hydrogens (tertiary/aromatic N) is 3. The summed E-state index contributed by atoms with van der Waals surface area (Å²) in [4.78, 5) is 14.1. The first kappa shape index (κ1) is 12.1. The molecule has 0 atom stereocenters. The molecule has 94 valence electrons. The zero-order valence-electron chi connectivity index (χ0n) is 10.6. The average molecular weight is 236 g/mol. The molecule has 5 nitrogen and oxygen atoms in total. The van der Waals surface area contributed by atoms with Crippen molar-refractivity contribution in [2.24, 2.45) is 7.05 Å². The molecule has 2 rings (SSSR count). The van der Waals surface area contributed by atoms with E-state index in [1.54, 1.807) is 4.68 Å². The molecule has 1 aliphatic heterocycles. The molecule has 1 fully saturated rings. The van der Waals surface area contributed by atoms with Crippen molar-refractivity contribution in [2.75, 3.05) is 25.0 Å². The highest BCUT2D eigenvalue weighted by Crippen LogP contribution is 2.10. The monoisotopic (exact) mass is 236 g/mol. The van der Waals surface area contributed by atoms with Crippen LogP contribution in [0.4, 0.5) is 5.82 Å². The molecule has 1 N–H and O–H groups in total. The van der Waals surface area contributed by atoms with E-state index in [4.69, 9.17) is 0 Å². The van der Waals surface area contributed by atoms with E-state index in [1.165, 1.54) is 19.3 Å². The minimum atomic E-state index is 0.0508. The van der Waals surface area contributed by atoms with Gasteiger partial charge in [0.25, 0.3) is 0 Å². The van der Waals surface area contributed by atoms with E-state index in [2.05, 4.69) is 15.3 Å². The van der Waals surface area contributed by atoms with Crippen LogP contribution in [0, 0.1) is 6.92 Å². The number of carbonyl (C=O) groups excluding carboxylic acids is 1. The van der Waals surface area contributed by atoms with Crippen LogP contribution in [0.1, 0.15) is 25.0 Å². The van der Waals surface area contributed by atoms with E-state index < -0.39 is 0 Å². The minimum Gasteiger partial charge on any atom is -0.310 e. The van der Waals surface area contributed by atoms with Gasteiger partial charge in [-0.3, -0.25) is 14.4 Å². The van der Waals surface area contributed by atoms with Crippen molar-refractivity contribution in [3.8, 4) is 0 Å². The Labute approximate surface area is 102 Å². The third-order valence-corrected chi connectivity index (χ3v) is 3.09. The van der Waals surface area contributed by atoms with E-state index in [9.17, 15) is 4.79 Å². The van der Waals surface area contributed by atoms with Crippen LogP contribution in [-0.4, -0.2) is 40.2 Å². The molecule has 1 saturated heterocycles. The number of rotatable bonds is 3. The molecular formula is C12H20N4O. The molecule has 0 saturated carbocycles. The number of aromatic nitrogens is 2. The summed E-state index contributed by atoms with van der Waals surface area (Å²) in [6, 6.07) is 1.88. The van der Waals surface area contributed by atoms with E-state index in [1.807, 2.05) is 20.0 Å². The quantitative estimate of drug-likeness (QED) is 0.856. The molecule has 0 unspecified atom stereocenters. The van der Waals surface area contributed by atoms with Gasteiger partial charge in [-0.15, -0.1) is 0 Å². The Morgan fingerprint density at radius 1 is 1.41 bits per heavy atom. The predicted octanol–water partition coefficient (Wildman–Crippen LogP) is 1.15. The fourth-order valence-corrected chi connectivity index (χ4v) is 2.23. The van der Waals surface area contributed by atoms with Gasteiger partial charge in [0.15, 0.2) is 0 Å². The molecule has 0 aliphatic carbocycles. The van der Waals surface area contributed by atoms with Gasteiger partial charge in [0.1, 0.15) is 5.82 Å². The second-order valence-electron chi connectivity index (χ2n) is 4.68. The van der Waals surface area contributed by atoms with Crippen molar-refractivity contribution >= 4 is 11.7 Å². The fraction of sp³-hybridized carbons (Fsp3) is 0.667. The first-order chi connectivity index (χ1) is 8.15. The normalized spacial score (nSPS) is 17.1. The number of nitrogens with one attached hydrogen (secondary N) is 1. The topological polar surface area (TPSA) is 50.2 Å². The minimum absolute atomic E-state index is 0.0508. The highest BCUT2D eigenvalue weighted by atomic mass is 16.2. The lowest BCUT2D eigenvalue weighted by atomic mass is 10.1. The van der Waals surface area contributed by atoms with Crippen LogP contribution in [0.25, 0.3) is 0 Å². The number of amides is 1. The zero-order valence-corrected chi connectivity index (χ0v) is 10.6. The maximum atomic E-state index is 11.8. The Kier molecular flexibility index (Phi) is 3.78. The van der Waals surface area contributed by atoms with Gasteiger partial charge in [-0.2, -0.15) is 5.10 Å². The van der Waals surface area contributed by atoms with Gasteiger partial charge in [-0.1, -0.05) is 6.42 Å². The summed E-state index contributed by atoms with van der Waals surface area (Å²) < 4.78 is 1.70. The molecule has 5 heteroatoms. The molecule has 1 amide bonds. The van der Waals surface area contributed by atoms with Crippen molar-refractivity contribution in [2.45, 2.75) is 26.2 Å². The first-order valence-electron chi connectivity index (χ1n) is 6.18. The van der Waals surface area contributed by atoms with E-state index in [0.717, 1.165) is 24.6 Å². The highest BCUT2D eigenvalue weighted by molar-refractivity contribution is 5.91. The molecular weight excluding hydrogens is 216 g/mol. The Morgan fingerprint density at radius 3 is 2.71 bits per heavy atom. The third kappa shape index (κ3) is 3.30. The fourth-order valence-electron chi connectivity index (χ4n) is 2.23. The van der Waals surface area contributed by atoms with Gasteiger partial charge in [0, 0.05) is 13.1 Å². The summed E-state index contributed by atoms with van der Waals surface area (Å²) in [6.07, 6.45) is 3.70. The first-order valence-corrected chi connectivity index (χ1v) is 6.18. The van der Waals surface area contributed by atoms with E-state index in [0.29, 0.717) is 6.54 Å². The van der Waals surface area contributed by atoms with Gasteiger partial charge < -0.3 is 5.32 Å². The van der Waals surface area contributed by atoms with Gasteiger partial charge in [0.05, 0.1) is 12.2 Å². The summed E-state index contributed by atoms with van der Waals surface area (Å²) >= 11 is 0. The van der Waals surface area contributed by atoms with Gasteiger partial charge in [-0.25, -0.2) is 0 Å². The molecule has 17 heavy (non-hydrogen) atoms. The number of hydrogen-bond donors (Lipinski definition) is 1. The Bertz CT molecular complexity index is 393. The van der Waals surface area contributed by atoms with Gasteiger partial charge >= 0.3 is 0 Å². The average Bonchev–Trinajstić information content (AvgIpc) is 2.58. The van der Waals surface area contributed by atoms with Crippen molar-refractivity contribution < 1.29 is 4.79 Å². The van der Waals surface area contributed by atoms with Crippen molar-refractivity contribution in [1.82, 2.24) is 14.7 Å². The Morgan fingerprint density at radius 2 is 2.12 bits per heavy atom. The smallest absolute Gasteiger partial charge is 0.239 e. The SMILES string of the molecule is Cc1cc(NC(=O)CN2CCCCC2)n(C)n1. The number of hydrogen-bond acceptors (Lipinski definition) is 3. The number of anilines is 1. The van der Waals surface area contributed by atoms with Crippen molar-refractivity contribution in [1.29, 1.82) is 0 Å². The van der Waals surface area contributed by atoms with Crippen LogP contribution >= 0.6 is 0 Å². The number of carbonyl (C=O) groups is 1. The molecule has 0 aromatic carbocycles.